The van der Waals surface area contributed by atoms with Crippen LogP contribution in [0.5, 0.6) is 0 Å². The number of rotatable bonds is 6. The van der Waals surface area contributed by atoms with E-state index in [0.29, 0.717) is 39.1 Å². The number of benzene rings is 5. The van der Waals surface area contributed by atoms with Crippen LogP contribution < -0.4 is 9.80 Å². The van der Waals surface area contributed by atoms with Crippen molar-refractivity contribution < 1.29 is 17.6 Å². The molecular formula is C30H19ClF4N2. The lowest BCUT2D eigenvalue weighted by Crippen LogP contribution is -2.14. The van der Waals surface area contributed by atoms with Gasteiger partial charge in [-0.05, 0) is 109 Å². The molecule has 0 amide bonds. The van der Waals surface area contributed by atoms with E-state index in [9.17, 15) is 17.6 Å². The zero-order valence-electron chi connectivity index (χ0n) is 19.3. The Balaban J connectivity index is 1.70. The van der Waals surface area contributed by atoms with Crippen LogP contribution >= 0.6 is 11.6 Å². The molecule has 0 saturated carbocycles. The molecule has 0 bridgehead atoms. The second kappa shape index (κ2) is 10.4. The van der Waals surface area contributed by atoms with Crippen molar-refractivity contribution >= 4 is 45.7 Å². The SMILES string of the molecule is Fc1ccc(N(c2ccc(F)cc2)c2cccc(N(c3ccc(F)cc3)c3ccc(F)cc3)c2Cl)cc1. The molecule has 0 aromatic heterocycles. The highest BCUT2D eigenvalue weighted by Crippen LogP contribution is 2.46. The number of anilines is 6. The van der Waals surface area contributed by atoms with Gasteiger partial charge in [-0.25, -0.2) is 17.6 Å². The van der Waals surface area contributed by atoms with Crippen LogP contribution in [0, 0.1) is 23.3 Å². The molecule has 0 aliphatic heterocycles. The number of halogens is 5. The maximum absolute atomic E-state index is 13.7. The normalized spacial score (nSPS) is 10.8. The standard InChI is InChI=1S/C30H19ClF4N2/c31-30-28(36(24-12-4-20(32)5-13-24)25-14-6-21(33)7-15-25)2-1-3-29(30)37(26-16-8-22(34)9-17-26)27-18-10-23(35)11-19-27/h1-19H. The molecule has 0 atom stereocenters. The van der Waals surface area contributed by atoms with Crippen LogP contribution in [0.15, 0.2) is 115 Å². The molecule has 37 heavy (non-hydrogen) atoms. The van der Waals surface area contributed by atoms with Crippen molar-refractivity contribution in [3.63, 3.8) is 0 Å². The van der Waals surface area contributed by atoms with E-state index in [1.165, 1.54) is 48.5 Å². The molecule has 5 aromatic carbocycles. The largest absolute Gasteiger partial charge is 0.309 e. The summed E-state index contributed by atoms with van der Waals surface area (Å²) in [6, 6.07) is 28.7. The van der Waals surface area contributed by atoms with E-state index in [-0.39, 0.29) is 0 Å². The first-order valence-corrected chi connectivity index (χ1v) is 11.7. The van der Waals surface area contributed by atoms with Crippen molar-refractivity contribution in [3.05, 3.63) is 144 Å². The maximum atomic E-state index is 13.7. The Labute approximate surface area is 216 Å². The molecule has 2 nitrogen and oxygen atoms in total. The van der Waals surface area contributed by atoms with Crippen LogP contribution in [0.25, 0.3) is 0 Å². The molecule has 5 aromatic rings. The second-order valence-corrected chi connectivity index (χ2v) is 8.56. The number of hydrogen-bond donors (Lipinski definition) is 0. The summed E-state index contributed by atoms with van der Waals surface area (Å²) in [7, 11) is 0. The fourth-order valence-corrected chi connectivity index (χ4v) is 4.36. The molecule has 7 heteroatoms. The average molecular weight is 519 g/mol. The van der Waals surface area contributed by atoms with Gasteiger partial charge in [0.25, 0.3) is 0 Å². The van der Waals surface area contributed by atoms with Gasteiger partial charge >= 0.3 is 0 Å². The Bertz CT molecular complexity index is 1300. The lowest BCUT2D eigenvalue weighted by atomic mass is 10.1. The quantitative estimate of drug-likeness (QED) is 0.206. The van der Waals surface area contributed by atoms with Gasteiger partial charge in [0.15, 0.2) is 0 Å². The van der Waals surface area contributed by atoms with E-state index >= 15 is 0 Å². The first-order valence-electron chi connectivity index (χ1n) is 11.3. The zero-order chi connectivity index (χ0) is 25.9. The summed E-state index contributed by atoms with van der Waals surface area (Å²) < 4.78 is 54.9. The highest BCUT2D eigenvalue weighted by molar-refractivity contribution is 6.36. The predicted molar refractivity (Wildman–Crippen MR) is 141 cm³/mol. The van der Waals surface area contributed by atoms with E-state index < -0.39 is 23.3 Å². The van der Waals surface area contributed by atoms with Crippen molar-refractivity contribution in [2.24, 2.45) is 0 Å². The summed E-state index contributed by atoms with van der Waals surface area (Å²) in [5.74, 6) is -1.61. The molecule has 0 unspecified atom stereocenters. The third-order valence-corrected chi connectivity index (χ3v) is 6.17. The van der Waals surface area contributed by atoms with Gasteiger partial charge in [0.1, 0.15) is 23.3 Å². The lowest BCUT2D eigenvalue weighted by Gasteiger charge is -2.31. The topological polar surface area (TPSA) is 6.48 Å². The van der Waals surface area contributed by atoms with Crippen molar-refractivity contribution in [1.29, 1.82) is 0 Å². The molecule has 0 spiro atoms. The first-order chi connectivity index (χ1) is 17.9. The Hall–Kier alpha value is -4.29. The molecule has 184 valence electrons. The van der Waals surface area contributed by atoms with Crippen LogP contribution in [-0.2, 0) is 0 Å². The summed E-state index contributed by atoms with van der Waals surface area (Å²) in [4.78, 5) is 3.55. The van der Waals surface area contributed by atoms with Crippen molar-refractivity contribution in [2.75, 3.05) is 9.80 Å². The van der Waals surface area contributed by atoms with Crippen LogP contribution in [0.1, 0.15) is 0 Å². The Kier molecular flexibility index (Phi) is 6.84. The third kappa shape index (κ3) is 5.15. The third-order valence-electron chi connectivity index (χ3n) is 5.78. The van der Waals surface area contributed by atoms with Gasteiger partial charge in [0.05, 0.1) is 16.4 Å². The highest BCUT2D eigenvalue weighted by Gasteiger charge is 2.22. The summed E-state index contributed by atoms with van der Waals surface area (Å²) in [6.07, 6.45) is 0. The van der Waals surface area contributed by atoms with Gasteiger partial charge in [0.2, 0.25) is 0 Å². The molecule has 0 aliphatic carbocycles. The van der Waals surface area contributed by atoms with Gasteiger partial charge in [-0.1, -0.05) is 17.7 Å². The number of nitrogens with zero attached hydrogens (tertiary/aromatic N) is 2. The molecule has 0 aliphatic rings. The van der Waals surface area contributed by atoms with E-state index in [1.54, 1.807) is 76.5 Å². The average Bonchev–Trinajstić information content (AvgIpc) is 2.90. The van der Waals surface area contributed by atoms with Crippen LogP contribution in [0.3, 0.4) is 0 Å². The van der Waals surface area contributed by atoms with Gasteiger partial charge in [-0.15, -0.1) is 0 Å². The summed E-state index contributed by atoms with van der Waals surface area (Å²) >= 11 is 7.04. The van der Waals surface area contributed by atoms with Crippen molar-refractivity contribution in [1.82, 2.24) is 0 Å². The van der Waals surface area contributed by atoms with Crippen LogP contribution in [-0.4, -0.2) is 0 Å². The maximum Gasteiger partial charge on any atom is 0.123 e. The Morgan fingerprint density at radius 1 is 0.378 bits per heavy atom. The van der Waals surface area contributed by atoms with E-state index in [4.69, 9.17) is 11.6 Å². The Morgan fingerprint density at radius 3 is 0.865 bits per heavy atom. The molecule has 5 rings (SSSR count). The zero-order valence-corrected chi connectivity index (χ0v) is 20.0. The van der Waals surface area contributed by atoms with Crippen molar-refractivity contribution in [3.8, 4) is 0 Å². The fourth-order valence-electron chi connectivity index (χ4n) is 4.07. The molecule has 0 saturated heterocycles. The molecule has 0 radical (unpaired) electrons. The second-order valence-electron chi connectivity index (χ2n) is 8.19. The molecule has 0 heterocycles. The van der Waals surface area contributed by atoms with Crippen molar-refractivity contribution in [2.45, 2.75) is 0 Å². The highest BCUT2D eigenvalue weighted by atomic mass is 35.5. The summed E-state index contributed by atoms with van der Waals surface area (Å²) in [5, 5.41) is 0.310. The molecular weight excluding hydrogens is 500 g/mol. The van der Waals surface area contributed by atoms with Gasteiger partial charge in [0, 0.05) is 22.7 Å². The molecule has 0 fully saturated rings. The van der Waals surface area contributed by atoms with Crippen LogP contribution in [0.2, 0.25) is 5.02 Å². The first kappa shape index (κ1) is 24.4. The van der Waals surface area contributed by atoms with E-state index in [2.05, 4.69) is 0 Å². The van der Waals surface area contributed by atoms with Gasteiger partial charge in [-0.2, -0.15) is 0 Å². The lowest BCUT2D eigenvalue weighted by molar-refractivity contribution is 0.627. The monoisotopic (exact) mass is 518 g/mol. The smallest absolute Gasteiger partial charge is 0.123 e. The Morgan fingerprint density at radius 2 is 0.622 bits per heavy atom. The van der Waals surface area contributed by atoms with Gasteiger partial charge in [-0.3, -0.25) is 0 Å². The van der Waals surface area contributed by atoms with E-state index in [1.807, 2.05) is 0 Å². The minimum Gasteiger partial charge on any atom is -0.309 e. The minimum atomic E-state index is -0.401. The molecule has 0 N–H and O–H groups in total. The minimum absolute atomic E-state index is 0.310. The summed E-state index contributed by atoms with van der Waals surface area (Å²) in [6.45, 7) is 0. The van der Waals surface area contributed by atoms with Gasteiger partial charge < -0.3 is 9.80 Å². The van der Waals surface area contributed by atoms with E-state index in [0.717, 1.165) is 0 Å². The number of hydrogen-bond acceptors (Lipinski definition) is 2. The fraction of sp³-hybridized carbons (Fsp3) is 0. The predicted octanol–water partition coefficient (Wildman–Crippen LogP) is 9.84. The van der Waals surface area contributed by atoms with Crippen LogP contribution in [0.4, 0.5) is 51.7 Å². The summed E-state index contributed by atoms with van der Waals surface area (Å²) in [5.41, 5.74) is 3.46.